The molecule has 0 bridgehead atoms. The number of hydrogen-bond acceptors (Lipinski definition) is 0. The maximum atomic E-state index is 7.97. The van der Waals surface area contributed by atoms with Crippen LogP contribution in [0, 0.1) is 0 Å². The van der Waals surface area contributed by atoms with Crippen LogP contribution in [0.1, 0.15) is 40.9 Å². The minimum absolute atomic E-state index is 0.251. The van der Waals surface area contributed by atoms with Crippen LogP contribution in [0.2, 0.25) is 0 Å². The fourth-order valence-electron chi connectivity index (χ4n) is 2.08. The van der Waals surface area contributed by atoms with Crippen LogP contribution in [0.3, 0.4) is 0 Å². The fraction of sp³-hybridized carbons (Fsp3) is 1.00. The monoisotopic (exact) mass is 174 g/mol. The zero-order chi connectivity index (χ0) is 9.03. The molecule has 1 unspecified atom stereocenters. The molecule has 1 fully saturated rings. The summed E-state index contributed by atoms with van der Waals surface area (Å²) in [5.41, 5.74) is 0. The van der Waals surface area contributed by atoms with Crippen LogP contribution in [0.5, 0.6) is 0 Å². The highest BCUT2D eigenvalue weighted by Crippen LogP contribution is 2.60. The topological polar surface area (TPSA) is 0 Å². The Kier molecular flexibility index (Phi) is 3.26. The van der Waals surface area contributed by atoms with Crippen LogP contribution < -0.4 is 0 Å². The Labute approximate surface area is 73.5 Å². The van der Waals surface area contributed by atoms with Crippen molar-refractivity contribution >= 4 is 7.26 Å². The lowest BCUT2D eigenvalue weighted by Crippen LogP contribution is -2.06. The van der Waals surface area contributed by atoms with Crippen LogP contribution in [0.25, 0.3) is 0 Å². The standard InChI is InChI=1S/C10H22P/c1-3-11(4-2)9-7-5-6-8-10-11/h3-10H2,1-2H3/q+1/i3D. The zero-order valence-corrected chi connectivity index (χ0v) is 8.87. The van der Waals surface area contributed by atoms with Crippen molar-refractivity contribution in [3.8, 4) is 0 Å². The summed E-state index contributed by atoms with van der Waals surface area (Å²) < 4.78 is 7.97. The molecule has 1 atom stereocenters. The highest BCUT2D eigenvalue weighted by molar-refractivity contribution is 7.75. The first kappa shape index (κ1) is 8.05. The summed E-state index contributed by atoms with van der Waals surface area (Å²) in [4.78, 5) is 0. The van der Waals surface area contributed by atoms with Gasteiger partial charge in [-0.15, -0.1) is 0 Å². The van der Waals surface area contributed by atoms with Crippen molar-refractivity contribution in [3.63, 3.8) is 0 Å². The summed E-state index contributed by atoms with van der Waals surface area (Å²) in [7, 11) is -0.820. The summed E-state index contributed by atoms with van der Waals surface area (Å²) in [6.07, 6.45) is 10.1. The predicted molar refractivity (Wildman–Crippen MR) is 56.2 cm³/mol. The normalized spacial score (nSPS) is 28.7. The SMILES string of the molecule is [2H]C(C)[P+]1(CC)CCCCCC1. The van der Waals surface area contributed by atoms with E-state index in [1.54, 1.807) is 0 Å². The van der Waals surface area contributed by atoms with Gasteiger partial charge in [-0.3, -0.25) is 0 Å². The van der Waals surface area contributed by atoms with Gasteiger partial charge in [0.1, 0.15) is 0 Å². The molecule has 0 spiro atoms. The molecule has 0 saturated carbocycles. The van der Waals surface area contributed by atoms with Gasteiger partial charge in [0.15, 0.2) is 0 Å². The lowest BCUT2D eigenvalue weighted by molar-refractivity contribution is 0.726. The summed E-state index contributed by atoms with van der Waals surface area (Å²) in [5.74, 6) is 0. The van der Waals surface area contributed by atoms with Gasteiger partial charge < -0.3 is 0 Å². The minimum atomic E-state index is -0.820. The van der Waals surface area contributed by atoms with Crippen molar-refractivity contribution in [3.05, 3.63) is 0 Å². The molecule has 0 radical (unpaired) electrons. The summed E-state index contributed by atoms with van der Waals surface area (Å²) >= 11 is 0. The molecule has 1 saturated heterocycles. The quantitative estimate of drug-likeness (QED) is 0.561. The van der Waals surface area contributed by atoms with E-state index in [4.69, 9.17) is 1.37 Å². The molecule has 0 nitrogen and oxygen atoms in total. The van der Waals surface area contributed by atoms with Crippen molar-refractivity contribution in [2.24, 2.45) is 0 Å². The molecule has 1 rings (SSSR count). The van der Waals surface area contributed by atoms with E-state index in [-0.39, 0.29) is 6.14 Å². The Morgan fingerprint density at radius 3 is 2.00 bits per heavy atom. The molecule has 0 amide bonds. The third kappa shape index (κ3) is 2.44. The van der Waals surface area contributed by atoms with Gasteiger partial charge in [0.05, 0.1) is 26.0 Å². The first-order valence-corrected chi connectivity index (χ1v) is 7.41. The molecule has 1 aliphatic heterocycles. The molecule has 66 valence electrons. The van der Waals surface area contributed by atoms with E-state index in [0.29, 0.717) is 0 Å². The first-order chi connectivity index (χ1) is 5.71. The number of rotatable bonds is 2. The van der Waals surface area contributed by atoms with Gasteiger partial charge in [-0.1, -0.05) is 0 Å². The van der Waals surface area contributed by atoms with Gasteiger partial charge in [0.25, 0.3) is 0 Å². The van der Waals surface area contributed by atoms with E-state index >= 15 is 0 Å². The van der Waals surface area contributed by atoms with Gasteiger partial charge in [0.2, 0.25) is 0 Å². The molecule has 1 heteroatoms. The van der Waals surface area contributed by atoms with Crippen molar-refractivity contribution in [2.75, 3.05) is 24.6 Å². The largest absolute Gasteiger partial charge is 0.0705 e. The van der Waals surface area contributed by atoms with Gasteiger partial charge in [-0.05, 0) is 39.5 Å². The van der Waals surface area contributed by atoms with E-state index in [9.17, 15) is 0 Å². The Balaban J connectivity index is 2.61. The first-order valence-electron chi connectivity index (χ1n) is 5.57. The maximum Gasteiger partial charge on any atom is 0.0705 e. The second kappa shape index (κ2) is 4.45. The van der Waals surface area contributed by atoms with Crippen LogP contribution in [-0.4, -0.2) is 24.6 Å². The van der Waals surface area contributed by atoms with Crippen molar-refractivity contribution < 1.29 is 1.37 Å². The van der Waals surface area contributed by atoms with Crippen LogP contribution in [0.15, 0.2) is 0 Å². The smallest absolute Gasteiger partial charge is 0.0497 e. The average molecular weight is 174 g/mol. The van der Waals surface area contributed by atoms with Crippen LogP contribution >= 0.6 is 7.26 Å². The molecule has 0 aromatic carbocycles. The molecule has 1 heterocycles. The van der Waals surface area contributed by atoms with Crippen molar-refractivity contribution in [2.45, 2.75) is 39.5 Å². The van der Waals surface area contributed by atoms with E-state index in [2.05, 4.69) is 13.8 Å². The van der Waals surface area contributed by atoms with E-state index in [1.807, 2.05) is 0 Å². The highest BCUT2D eigenvalue weighted by atomic mass is 31.2. The van der Waals surface area contributed by atoms with E-state index in [0.717, 1.165) is 0 Å². The molecule has 0 N–H and O–H groups in total. The molecule has 11 heavy (non-hydrogen) atoms. The Morgan fingerprint density at radius 2 is 1.64 bits per heavy atom. The highest BCUT2D eigenvalue weighted by Gasteiger charge is 2.33. The predicted octanol–water partition coefficient (Wildman–Crippen LogP) is 3.62. The van der Waals surface area contributed by atoms with Gasteiger partial charge in [0, 0.05) is 7.26 Å². The van der Waals surface area contributed by atoms with Gasteiger partial charge >= 0.3 is 0 Å². The summed E-state index contributed by atoms with van der Waals surface area (Å²) in [6, 6.07) is 0. The molecule has 0 aliphatic carbocycles. The second-order valence-electron chi connectivity index (χ2n) is 3.65. The third-order valence-corrected chi connectivity index (χ3v) is 7.90. The Bertz CT molecular complexity index is 126. The number of hydrogen-bond donors (Lipinski definition) is 0. The molecule has 1 aliphatic rings. The molecular weight excluding hydrogens is 151 g/mol. The Hall–Kier alpha value is 0.430. The van der Waals surface area contributed by atoms with Crippen molar-refractivity contribution in [1.82, 2.24) is 0 Å². The van der Waals surface area contributed by atoms with Crippen LogP contribution in [0.4, 0.5) is 0 Å². The molecule has 0 aromatic rings. The molecule has 0 aromatic heterocycles. The van der Waals surface area contributed by atoms with Gasteiger partial charge in [-0.25, -0.2) is 0 Å². The lowest BCUT2D eigenvalue weighted by Gasteiger charge is -2.22. The van der Waals surface area contributed by atoms with Gasteiger partial charge in [-0.2, -0.15) is 0 Å². The van der Waals surface area contributed by atoms with E-state index < -0.39 is 7.26 Å². The summed E-state index contributed by atoms with van der Waals surface area (Å²) in [5, 5.41) is 0. The summed E-state index contributed by atoms with van der Waals surface area (Å²) in [6.45, 7) is 4.44. The minimum Gasteiger partial charge on any atom is -0.0497 e. The van der Waals surface area contributed by atoms with Crippen molar-refractivity contribution in [1.29, 1.82) is 0 Å². The zero-order valence-electron chi connectivity index (χ0n) is 8.97. The van der Waals surface area contributed by atoms with Crippen LogP contribution in [-0.2, 0) is 0 Å². The average Bonchev–Trinajstić information content (AvgIpc) is 2.29. The fourth-order valence-corrected chi connectivity index (χ4v) is 5.52. The lowest BCUT2D eigenvalue weighted by atomic mass is 10.2. The molecular formula is C10H22P+. The maximum absolute atomic E-state index is 7.97. The third-order valence-electron chi connectivity index (χ3n) is 3.13. The Morgan fingerprint density at radius 1 is 1.09 bits per heavy atom. The second-order valence-corrected chi connectivity index (χ2v) is 8.13. The van der Waals surface area contributed by atoms with E-state index in [1.165, 1.54) is 44.2 Å².